The summed E-state index contributed by atoms with van der Waals surface area (Å²) in [6, 6.07) is 12.0. The molecule has 1 amide bonds. The van der Waals surface area contributed by atoms with Crippen molar-refractivity contribution in [1.29, 1.82) is 0 Å². The number of fused-ring (bicyclic) bond motifs is 1. The first kappa shape index (κ1) is 18.8. The minimum Gasteiger partial charge on any atom is -0.378 e. The molecule has 4 heteroatoms. The fourth-order valence-corrected chi connectivity index (χ4v) is 2.93. The predicted molar refractivity (Wildman–Crippen MR) is 109 cm³/mol. The van der Waals surface area contributed by atoms with Gasteiger partial charge in [0.2, 0.25) is 0 Å². The topological polar surface area (TPSA) is 32.3 Å². The minimum absolute atomic E-state index is 0.0753. The largest absolute Gasteiger partial charge is 0.378 e. The standard InChI is InChI=1S/C18H17ClN2O.C3H6/c1-4-13-15-9-14(16(19)10-17(15)20-18(13)22)11-5-7-12(8-6-11)21(2)3;1-3-2/h4-10H,1-3H3,(H,20,22);3H,1H2,2H3/b13-4-;. The highest BCUT2D eigenvalue weighted by Crippen LogP contribution is 2.39. The van der Waals surface area contributed by atoms with Crippen molar-refractivity contribution in [1.82, 2.24) is 0 Å². The summed E-state index contributed by atoms with van der Waals surface area (Å²) in [5.74, 6) is -0.0753. The van der Waals surface area contributed by atoms with Gasteiger partial charge in [-0.25, -0.2) is 0 Å². The summed E-state index contributed by atoms with van der Waals surface area (Å²) in [5, 5.41) is 3.48. The highest BCUT2D eigenvalue weighted by Gasteiger charge is 2.25. The van der Waals surface area contributed by atoms with Crippen LogP contribution in [0.25, 0.3) is 16.7 Å². The Morgan fingerprint density at radius 1 is 1.08 bits per heavy atom. The first-order chi connectivity index (χ1) is 11.9. The second-order valence-electron chi connectivity index (χ2n) is 5.88. The number of hydrogen-bond acceptors (Lipinski definition) is 2. The van der Waals surface area contributed by atoms with Crippen LogP contribution in [0.4, 0.5) is 11.4 Å². The Labute approximate surface area is 154 Å². The molecule has 0 atom stereocenters. The van der Waals surface area contributed by atoms with Crippen molar-refractivity contribution in [3.63, 3.8) is 0 Å². The van der Waals surface area contributed by atoms with Crippen molar-refractivity contribution in [2.45, 2.75) is 13.8 Å². The van der Waals surface area contributed by atoms with Gasteiger partial charge in [-0.15, -0.1) is 6.58 Å². The number of nitrogens with zero attached hydrogens (tertiary/aromatic N) is 1. The molecule has 0 saturated carbocycles. The number of rotatable bonds is 2. The van der Waals surface area contributed by atoms with Gasteiger partial charge in [-0.3, -0.25) is 4.79 Å². The van der Waals surface area contributed by atoms with Crippen LogP contribution in [0.15, 0.2) is 55.1 Å². The summed E-state index contributed by atoms with van der Waals surface area (Å²) >= 11 is 6.40. The molecule has 0 radical (unpaired) electrons. The maximum absolute atomic E-state index is 11.9. The highest BCUT2D eigenvalue weighted by molar-refractivity contribution is 6.36. The van der Waals surface area contributed by atoms with Gasteiger partial charge >= 0.3 is 0 Å². The molecular weight excluding hydrogens is 332 g/mol. The molecule has 1 aliphatic heterocycles. The molecule has 25 heavy (non-hydrogen) atoms. The van der Waals surface area contributed by atoms with Crippen molar-refractivity contribution >= 4 is 34.5 Å². The second kappa shape index (κ2) is 8.04. The van der Waals surface area contributed by atoms with Gasteiger partial charge in [-0.2, -0.15) is 0 Å². The average molecular weight is 355 g/mol. The number of benzene rings is 2. The van der Waals surface area contributed by atoms with E-state index in [1.54, 1.807) is 6.08 Å². The lowest BCUT2D eigenvalue weighted by molar-refractivity contribution is -0.110. The molecule has 3 nitrogen and oxygen atoms in total. The maximum Gasteiger partial charge on any atom is 0.256 e. The van der Waals surface area contributed by atoms with Crippen molar-refractivity contribution in [3.8, 4) is 11.1 Å². The highest BCUT2D eigenvalue weighted by atomic mass is 35.5. The number of carbonyl (C=O) groups excluding carboxylic acids is 1. The Morgan fingerprint density at radius 3 is 2.20 bits per heavy atom. The number of nitrogens with one attached hydrogen (secondary N) is 1. The van der Waals surface area contributed by atoms with E-state index in [9.17, 15) is 4.79 Å². The molecule has 2 aromatic carbocycles. The van der Waals surface area contributed by atoms with Gasteiger partial charge in [0.1, 0.15) is 0 Å². The molecule has 3 rings (SSSR count). The van der Waals surface area contributed by atoms with Crippen LogP contribution < -0.4 is 10.2 Å². The zero-order valence-electron chi connectivity index (χ0n) is 15.1. The number of halogens is 1. The average Bonchev–Trinajstić information content (AvgIpc) is 2.88. The van der Waals surface area contributed by atoms with Crippen LogP contribution in [0.1, 0.15) is 19.4 Å². The van der Waals surface area contributed by atoms with Gasteiger partial charge in [0.25, 0.3) is 5.91 Å². The van der Waals surface area contributed by atoms with Gasteiger partial charge in [-0.1, -0.05) is 35.9 Å². The van der Waals surface area contributed by atoms with E-state index < -0.39 is 0 Å². The lowest BCUT2D eigenvalue weighted by Crippen LogP contribution is -2.07. The molecule has 0 unspecified atom stereocenters. The Kier molecular flexibility index (Phi) is 6.05. The van der Waals surface area contributed by atoms with Crippen molar-refractivity contribution in [3.05, 3.63) is 65.7 Å². The fraction of sp³-hybridized carbons (Fsp3) is 0.190. The first-order valence-corrected chi connectivity index (χ1v) is 8.47. The number of carbonyl (C=O) groups is 1. The van der Waals surface area contributed by atoms with E-state index in [2.05, 4.69) is 28.9 Å². The number of allylic oxidation sites excluding steroid dienone is 2. The molecule has 0 aliphatic carbocycles. The summed E-state index contributed by atoms with van der Waals surface area (Å²) in [6.07, 6.45) is 3.58. The molecule has 0 fully saturated rings. The summed E-state index contributed by atoms with van der Waals surface area (Å²) in [5.41, 5.74) is 5.47. The number of hydrogen-bond donors (Lipinski definition) is 1. The van der Waals surface area contributed by atoms with Crippen LogP contribution in [0.2, 0.25) is 5.02 Å². The lowest BCUT2D eigenvalue weighted by atomic mass is 9.99. The third kappa shape index (κ3) is 3.94. The number of anilines is 2. The van der Waals surface area contributed by atoms with E-state index in [-0.39, 0.29) is 5.91 Å². The number of amides is 1. The molecule has 1 aliphatic rings. The fourth-order valence-electron chi connectivity index (χ4n) is 2.66. The summed E-state index contributed by atoms with van der Waals surface area (Å²) in [4.78, 5) is 14.0. The van der Waals surface area contributed by atoms with Crippen molar-refractivity contribution in [2.24, 2.45) is 0 Å². The molecule has 0 bridgehead atoms. The van der Waals surface area contributed by atoms with Gasteiger partial charge < -0.3 is 10.2 Å². The maximum atomic E-state index is 11.9. The molecular formula is C21H23ClN2O. The molecule has 130 valence electrons. The van der Waals surface area contributed by atoms with Crippen LogP contribution >= 0.6 is 11.6 Å². The first-order valence-electron chi connectivity index (χ1n) is 8.09. The SMILES string of the molecule is C/C=C1\C(=O)Nc2cc(Cl)c(-c3ccc(N(C)C)cc3)cc21.C=CC. The third-order valence-electron chi connectivity index (χ3n) is 3.87. The molecule has 0 spiro atoms. The van der Waals surface area contributed by atoms with Crippen LogP contribution in [-0.4, -0.2) is 20.0 Å². The zero-order valence-corrected chi connectivity index (χ0v) is 15.8. The van der Waals surface area contributed by atoms with E-state index in [0.717, 1.165) is 28.1 Å². The van der Waals surface area contributed by atoms with E-state index >= 15 is 0 Å². The van der Waals surface area contributed by atoms with Gasteiger partial charge in [0.15, 0.2) is 0 Å². The van der Waals surface area contributed by atoms with Crippen molar-refractivity contribution < 1.29 is 4.79 Å². The Balaban J connectivity index is 0.000000701. The predicted octanol–water partition coefficient (Wildman–Crippen LogP) is 5.62. The van der Waals surface area contributed by atoms with Gasteiger partial charge in [0, 0.05) is 36.5 Å². The van der Waals surface area contributed by atoms with Gasteiger partial charge in [0.05, 0.1) is 10.7 Å². The minimum atomic E-state index is -0.0753. The second-order valence-corrected chi connectivity index (χ2v) is 6.29. The van der Waals surface area contributed by atoms with Crippen molar-refractivity contribution in [2.75, 3.05) is 24.3 Å². The monoisotopic (exact) mass is 354 g/mol. The normalized spacial score (nSPS) is 13.6. The van der Waals surface area contributed by atoms with Crippen LogP contribution in [-0.2, 0) is 4.79 Å². The van der Waals surface area contributed by atoms with Crippen LogP contribution in [0.5, 0.6) is 0 Å². The lowest BCUT2D eigenvalue weighted by Gasteiger charge is -2.13. The Bertz CT molecular complexity index is 821. The zero-order chi connectivity index (χ0) is 18.6. The van der Waals surface area contributed by atoms with E-state index in [0.29, 0.717) is 10.6 Å². The summed E-state index contributed by atoms with van der Waals surface area (Å²) < 4.78 is 0. The van der Waals surface area contributed by atoms with Gasteiger partial charge in [-0.05, 0) is 43.7 Å². The van der Waals surface area contributed by atoms with Crippen LogP contribution in [0, 0.1) is 0 Å². The molecule has 0 aromatic heterocycles. The van der Waals surface area contributed by atoms with E-state index in [1.807, 2.05) is 58.3 Å². The van der Waals surface area contributed by atoms with Crippen LogP contribution in [0.3, 0.4) is 0 Å². The Morgan fingerprint density at radius 2 is 1.68 bits per heavy atom. The quantitative estimate of drug-likeness (QED) is 0.560. The van der Waals surface area contributed by atoms with E-state index in [4.69, 9.17) is 11.6 Å². The smallest absolute Gasteiger partial charge is 0.256 e. The summed E-state index contributed by atoms with van der Waals surface area (Å²) in [7, 11) is 4.01. The molecule has 2 aromatic rings. The molecule has 0 saturated heterocycles. The Hall–Kier alpha value is -2.52. The molecule has 1 N–H and O–H groups in total. The molecule has 1 heterocycles. The summed E-state index contributed by atoms with van der Waals surface area (Å²) in [6.45, 7) is 7.12. The third-order valence-corrected chi connectivity index (χ3v) is 4.19. The van der Waals surface area contributed by atoms with E-state index in [1.165, 1.54) is 0 Å².